The molecule has 0 spiro atoms. The molecule has 5 N–H and O–H groups in total. The van der Waals surface area contributed by atoms with Crippen molar-refractivity contribution in [3.8, 4) is 0 Å². The lowest BCUT2D eigenvalue weighted by molar-refractivity contribution is -0.0526. The van der Waals surface area contributed by atoms with Crippen LogP contribution in [0.3, 0.4) is 0 Å². The number of aliphatic hydroxyl groups is 3. The molecule has 41 heavy (non-hydrogen) atoms. The van der Waals surface area contributed by atoms with Gasteiger partial charge in [0.2, 0.25) is 10.0 Å². The van der Waals surface area contributed by atoms with Gasteiger partial charge < -0.3 is 20.6 Å². The second-order valence-corrected chi connectivity index (χ2v) is 14.8. The lowest BCUT2D eigenvalue weighted by Crippen LogP contribution is -2.55. The molecule has 0 aromatic heterocycles. The summed E-state index contributed by atoms with van der Waals surface area (Å²) in [5, 5.41) is 30.7. The first-order valence-electron chi connectivity index (χ1n) is 12.6. The molecule has 2 aliphatic carbocycles. The number of halogens is 4. The van der Waals surface area contributed by atoms with E-state index in [1.165, 1.54) is 12.1 Å². The van der Waals surface area contributed by atoms with Crippen LogP contribution in [0.25, 0.3) is 0 Å². The molecule has 10 nitrogen and oxygen atoms in total. The van der Waals surface area contributed by atoms with Crippen molar-refractivity contribution in [3.05, 3.63) is 58.4 Å². The van der Waals surface area contributed by atoms with E-state index >= 15 is 0 Å². The minimum Gasteiger partial charge on any atom is -0.394 e. The third kappa shape index (κ3) is 6.55. The number of aliphatic hydroxyl groups excluding tert-OH is 2. The molecule has 2 fully saturated rings. The van der Waals surface area contributed by atoms with Crippen LogP contribution in [-0.4, -0.2) is 73.9 Å². The normalized spacial score (nSPS) is 25.2. The summed E-state index contributed by atoms with van der Waals surface area (Å²) in [7, 11) is -8.21. The lowest BCUT2D eigenvalue weighted by atomic mass is 9.74. The molecule has 16 heteroatoms. The van der Waals surface area contributed by atoms with Crippen LogP contribution in [-0.2, 0) is 19.9 Å². The van der Waals surface area contributed by atoms with Crippen LogP contribution in [0, 0.1) is 29.3 Å². The Labute approximate surface area is 239 Å². The maximum absolute atomic E-state index is 13.7. The van der Waals surface area contributed by atoms with Crippen molar-refractivity contribution < 1.29 is 50.1 Å². The van der Waals surface area contributed by atoms with E-state index in [9.17, 15) is 45.0 Å². The maximum atomic E-state index is 13.7. The van der Waals surface area contributed by atoms with Gasteiger partial charge in [0.1, 0.15) is 0 Å². The van der Waals surface area contributed by atoms with E-state index in [4.69, 9.17) is 16.7 Å². The third-order valence-electron chi connectivity index (χ3n) is 7.75. The standard InChI is InChI=1S/C25H28ClF3N2O8S2/c26-19-4-1-13(24(34)31-16-8-20(27)23(29)21(28)9-16)5-22(19)41(38,39)18-6-14-2-3-15(7-18)25(14,35)12-30-40(36,37)11-17(33)10-32/h1,4-5,8-9,14-15,17-18,30,32-33,35H,2-3,6-7,10-12H2,(H,31,34). The van der Waals surface area contributed by atoms with Gasteiger partial charge in [0.25, 0.3) is 5.91 Å². The fraction of sp³-hybridized carbons (Fsp3) is 0.480. The monoisotopic (exact) mass is 640 g/mol. The van der Waals surface area contributed by atoms with Crippen LogP contribution in [0.4, 0.5) is 18.9 Å². The number of sulfone groups is 1. The van der Waals surface area contributed by atoms with E-state index in [1.54, 1.807) is 0 Å². The van der Waals surface area contributed by atoms with Crippen LogP contribution in [0.15, 0.2) is 35.2 Å². The molecule has 2 saturated carbocycles. The molecule has 2 aromatic carbocycles. The van der Waals surface area contributed by atoms with Crippen LogP contribution in [0.5, 0.6) is 0 Å². The summed E-state index contributed by atoms with van der Waals surface area (Å²) in [6.07, 6.45) is -0.654. The van der Waals surface area contributed by atoms with Crippen LogP contribution in [0.1, 0.15) is 36.0 Å². The van der Waals surface area contributed by atoms with E-state index in [0.717, 1.165) is 6.07 Å². The second kappa shape index (κ2) is 11.8. The topological polar surface area (TPSA) is 170 Å². The average molecular weight is 641 g/mol. The first-order chi connectivity index (χ1) is 19.1. The largest absolute Gasteiger partial charge is 0.394 e. The van der Waals surface area contributed by atoms with Gasteiger partial charge >= 0.3 is 0 Å². The smallest absolute Gasteiger partial charge is 0.255 e. The third-order valence-corrected chi connectivity index (χ3v) is 11.8. The summed E-state index contributed by atoms with van der Waals surface area (Å²) in [4.78, 5) is 12.4. The number of hydrogen-bond donors (Lipinski definition) is 5. The quantitative estimate of drug-likeness (QED) is 0.246. The number of carbonyl (C=O) groups is 1. The Morgan fingerprint density at radius 1 is 1.05 bits per heavy atom. The van der Waals surface area contributed by atoms with Gasteiger partial charge in [0.15, 0.2) is 27.3 Å². The predicted molar refractivity (Wildman–Crippen MR) is 142 cm³/mol. The Bertz CT molecular complexity index is 1520. The van der Waals surface area contributed by atoms with Crippen LogP contribution < -0.4 is 10.0 Å². The molecule has 2 bridgehead atoms. The van der Waals surface area contributed by atoms with Crippen molar-refractivity contribution in [2.45, 2.75) is 47.5 Å². The molecular weight excluding hydrogens is 613 g/mol. The maximum Gasteiger partial charge on any atom is 0.255 e. The number of sulfonamides is 1. The van der Waals surface area contributed by atoms with Crippen molar-refractivity contribution >= 4 is 43.1 Å². The highest BCUT2D eigenvalue weighted by Crippen LogP contribution is 2.52. The van der Waals surface area contributed by atoms with Crippen LogP contribution >= 0.6 is 11.6 Å². The van der Waals surface area contributed by atoms with Gasteiger partial charge in [0.05, 0.1) is 39.2 Å². The Morgan fingerprint density at radius 2 is 1.63 bits per heavy atom. The number of fused-ring (bicyclic) bond motifs is 2. The Kier molecular flexibility index (Phi) is 9.10. The van der Waals surface area contributed by atoms with E-state index in [-0.39, 0.29) is 28.3 Å². The molecule has 3 atom stereocenters. The summed E-state index contributed by atoms with van der Waals surface area (Å²) in [5.41, 5.74) is -2.13. The summed E-state index contributed by atoms with van der Waals surface area (Å²) >= 11 is 6.21. The molecule has 0 radical (unpaired) electrons. The average Bonchev–Trinajstić information content (AvgIpc) is 3.05. The fourth-order valence-electron chi connectivity index (χ4n) is 5.62. The van der Waals surface area contributed by atoms with E-state index in [0.29, 0.717) is 25.0 Å². The van der Waals surface area contributed by atoms with Gasteiger partial charge in [-0.15, -0.1) is 0 Å². The number of carbonyl (C=O) groups excluding carboxylic acids is 1. The Morgan fingerprint density at radius 3 is 2.20 bits per heavy atom. The zero-order valence-electron chi connectivity index (χ0n) is 21.4. The predicted octanol–water partition coefficient (Wildman–Crippen LogP) is 1.98. The molecule has 1 amide bonds. The molecule has 0 saturated heterocycles. The van der Waals surface area contributed by atoms with Gasteiger partial charge in [-0.05, 0) is 55.7 Å². The van der Waals surface area contributed by atoms with Gasteiger partial charge in [-0.1, -0.05) is 11.6 Å². The fourth-order valence-corrected chi connectivity index (χ4v) is 9.20. The van der Waals surface area contributed by atoms with Gasteiger partial charge in [-0.2, -0.15) is 0 Å². The van der Waals surface area contributed by atoms with Crippen molar-refractivity contribution in [1.82, 2.24) is 4.72 Å². The highest BCUT2D eigenvalue weighted by molar-refractivity contribution is 7.92. The summed E-state index contributed by atoms with van der Waals surface area (Å²) < 4.78 is 94.3. The SMILES string of the molecule is O=C(Nc1cc(F)c(F)c(F)c1)c1ccc(Cl)c(S(=O)(=O)C2CC3CCC(C2)C3(O)CNS(=O)(=O)CC(O)CO)c1. The number of benzene rings is 2. The van der Waals surface area contributed by atoms with E-state index in [2.05, 4.69) is 10.0 Å². The Balaban J connectivity index is 1.51. The van der Waals surface area contributed by atoms with Gasteiger partial charge in [-0.25, -0.2) is 34.7 Å². The van der Waals surface area contributed by atoms with E-state index < -0.39 is 96.6 Å². The van der Waals surface area contributed by atoms with Crippen molar-refractivity contribution in [2.24, 2.45) is 11.8 Å². The first-order valence-corrected chi connectivity index (χ1v) is 16.1. The van der Waals surface area contributed by atoms with Crippen molar-refractivity contribution in [3.63, 3.8) is 0 Å². The molecule has 2 aromatic rings. The number of anilines is 1. The highest BCUT2D eigenvalue weighted by Gasteiger charge is 2.56. The van der Waals surface area contributed by atoms with Crippen molar-refractivity contribution in [2.75, 3.05) is 24.2 Å². The zero-order valence-corrected chi connectivity index (χ0v) is 23.7. The second-order valence-electron chi connectivity index (χ2n) is 10.4. The Hall–Kier alpha value is -2.27. The highest BCUT2D eigenvalue weighted by atomic mass is 35.5. The van der Waals surface area contributed by atoms with Crippen LogP contribution in [0.2, 0.25) is 5.02 Å². The van der Waals surface area contributed by atoms with E-state index in [1.807, 2.05) is 0 Å². The number of amides is 1. The number of nitrogens with one attached hydrogen (secondary N) is 2. The summed E-state index contributed by atoms with van der Waals surface area (Å²) in [6.45, 7) is -1.15. The van der Waals surface area contributed by atoms with Gasteiger partial charge in [0, 0.05) is 29.9 Å². The summed E-state index contributed by atoms with van der Waals surface area (Å²) in [5.74, 6) is -7.63. The molecule has 4 rings (SSSR count). The number of hydrogen-bond acceptors (Lipinski definition) is 8. The summed E-state index contributed by atoms with van der Waals surface area (Å²) in [6, 6.07) is 4.54. The molecule has 2 aliphatic rings. The molecule has 226 valence electrons. The molecule has 3 unspecified atom stereocenters. The lowest BCUT2D eigenvalue weighted by Gasteiger charge is -2.42. The molecule has 0 heterocycles. The first kappa shape index (κ1) is 31.7. The molecular formula is C25H28ClF3N2O8S2. The molecule has 0 aliphatic heterocycles. The van der Waals surface area contributed by atoms with Crippen molar-refractivity contribution in [1.29, 1.82) is 0 Å². The zero-order chi connectivity index (χ0) is 30.3. The minimum absolute atomic E-state index is 0.0167. The van der Waals surface area contributed by atoms with Gasteiger partial charge in [-0.3, -0.25) is 4.79 Å². The minimum atomic E-state index is -4.17. The number of rotatable bonds is 10.